The van der Waals surface area contributed by atoms with E-state index in [9.17, 15) is 4.79 Å². The molecule has 1 N–H and O–H groups in total. The number of aliphatic hydroxyl groups excluding tert-OH is 1. The van der Waals surface area contributed by atoms with Gasteiger partial charge < -0.3 is 9.84 Å². The molecule has 3 heteroatoms. The number of rotatable bonds is 4. The van der Waals surface area contributed by atoms with Gasteiger partial charge in [0.25, 0.3) is 0 Å². The Morgan fingerprint density at radius 2 is 2.06 bits per heavy atom. The van der Waals surface area contributed by atoms with E-state index in [-0.39, 0.29) is 0 Å². The molecule has 1 unspecified atom stereocenters. The minimum absolute atomic E-state index is 0.404. The smallest absolute Gasteiger partial charge is 0.335 e. The van der Waals surface area contributed by atoms with Crippen molar-refractivity contribution in [3.63, 3.8) is 0 Å². The second-order valence-electron chi connectivity index (χ2n) is 5.33. The zero-order chi connectivity index (χ0) is 13.1. The summed E-state index contributed by atoms with van der Waals surface area (Å²) >= 11 is 0. The van der Waals surface area contributed by atoms with Gasteiger partial charge >= 0.3 is 5.97 Å². The van der Waals surface area contributed by atoms with Crippen LogP contribution in [0.15, 0.2) is 12.2 Å². The van der Waals surface area contributed by atoms with Gasteiger partial charge in [0.05, 0.1) is 0 Å². The predicted octanol–water partition coefficient (Wildman–Crippen LogP) is 2.83. The van der Waals surface area contributed by atoms with E-state index in [2.05, 4.69) is 13.5 Å². The summed E-state index contributed by atoms with van der Waals surface area (Å²) in [6.45, 7) is 9.61. The zero-order valence-corrected chi connectivity index (χ0v) is 11.2. The quantitative estimate of drug-likeness (QED) is 0.607. The van der Waals surface area contributed by atoms with Crippen LogP contribution in [0, 0.1) is 5.92 Å². The highest BCUT2D eigenvalue weighted by atomic mass is 16.6. The Labute approximate surface area is 104 Å². The fourth-order valence-corrected chi connectivity index (χ4v) is 2.36. The maximum atomic E-state index is 11.4. The van der Waals surface area contributed by atoms with Crippen molar-refractivity contribution in [2.75, 3.05) is 0 Å². The van der Waals surface area contributed by atoms with Crippen molar-refractivity contribution in [2.24, 2.45) is 5.92 Å². The number of allylic oxidation sites excluding steroid dienone is 1. The van der Waals surface area contributed by atoms with E-state index >= 15 is 0 Å². The molecule has 0 radical (unpaired) electrons. The van der Waals surface area contributed by atoms with Gasteiger partial charge in [-0.3, -0.25) is 0 Å². The number of aliphatic hydroxyl groups is 1. The number of carbonyl (C=O) groups is 1. The fourth-order valence-electron chi connectivity index (χ4n) is 2.36. The SMILES string of the molecule is C=C(CC)C1CCC(C)(OC(=O)C(C)O)CC1. The summed E-state index contributed by atoms with van der Waals surface area (Å²) in [5.74, 6) is 0.0543. The molecular weight excluding hydrogens is 216 g/mol. The Balaban J connectivity index is 2.49. The van der Waals surface area contributed by atoms with Crippen LogP contribution in [0.4, 0.5) is 0 Å². The van der Waals surface area contributed by atoms with Gasteiger partial charge in [-0.05, 0) is 51.9 Å². The number of esters is 1. The van der Waals surface area contributed by atoms with Crippen molar-refractivity contribution in [3.8, 4) is 0 Å². The molecule has 0 aromatic carbocycles. The van der Waals surface area contributed by atoms with Gasteiger partial charge in [0, 0.05) is 0 Å². The lowest BCUT2D eigenvalue weighted by atomic mass is 9.76. The molecule has 0 bridgehead atoms. The molecule has 1 fully saturated rings. The van der Waals surface area contributed by atoms with E-state index in [1.807, 2.05) is 6.92 Å². The van der Waals surface area contributed by atoms with E-state index in [1.54, 1.807) is 0 Å². The first-order valence-corrected chi connectivity index (χ1v) is 6.46. The average Bonchev–Trinajstić information content (AvgIpc) is 2.28. The van der Waals surface area contributed by atoms with Crippen LogP contribution in [0.3, 0.4) is 0 Å². The van der Waals surface area contributed by atoms with Gasteiger partial charge in [0.2, 0.25) is 0 Å². The number of ether oxygens (including phenoxy) is 1. The first kappa shape index (κ1) is 14.2. The van der Waals surface area contributed by atoms with Crippen molar-refractivity contribution >= 4 is 5.97 Å². The van der Waals surface area contributed by atoms with Crippen LogP contribution in [0.5, 0.6) is 0 Å². The van der Waals surface area contributed by atoms with Gasteiger partial charge in [0.1, 0.15) is 11.7 Å². The van der Waals surface area contributed by atoms with Crippen molar-refractivity contribution in [1.29, 1.82) is 0 Å². The average molecular weight is 240 g/mol. The first-order chi connectivity index (χ1) is 7.88. The largest absolute Gasteiger partial charge is 0.457 e. The number of hydrogen-bond acceptors (Lipinski definition) is 3. The van der Waals surface area contributed by atoms with E-state index in [4.69, 9.17) is 9.84 Å². The minimum Gasteiger partial charge on any atom is -0.457 e. The Morgan fingerprint density at radius 1 is 1.53 bits per heavy atom. The molecule has 3 nitrogen and oxygen atoms in total. The standard InChI is InChI=1S/C14H24O3/c1-5-10(2)12-6-8-14(4,9-7-12)17-13(16)11(3)15/h11-12,15H,2,5-9H2,1,3-4H3. The second kappa shape index (κ2) is 5.67. The van der Waals surface area contributed by atoms with Gasteiger partial charge in [0.15, 0.2) is 0 Å². The molecule has 0 aliphatic heterocycles. The summed E-state index contributed by atoms with van der Waals surface area (Å²) in [5.41, 5.74) is 0.896. The highest BCUT2D eigenvalue weighted by Gasteiger charge is 2.35. The van der Waals surface area contributed by atoms with Gasteiger partial charge in [-0.1, -0.05) is 19.1 Å². The van der Waals surface area contributed by atoms with Crippen molar-refractivity contribution in [3.05, 3.63) is 12.2 Å². The van der Waals surface area contributed by atoms with Crippen LogP contribution in [0.25, 0.3) is 0 Å². The molecule has 1 aliphatic carbocycles. The maximum absolute atomic E-state index is 11.4. The van der Waals surface area contributed by atoms with Gasteiger partial charge in [-0.25, -0.2) is 4.79 Å². The second-order valence-corrected chi connectivity index (χ2v) is 5.33. The Kier molecular flexibility index (Phi) is 4.75. The highest BCUT2D eigenvalue weighted by Crippen LogP contribution is 2.38. The van der Waals surface area contributed by atoms with E-state index < -0.39 is 17.7 Å². The van der Waals surface area contributed by atoms with E-state index in [0.29, 0.717) is 5.92 Å². The lowest BCUT2D eigenvalue weighted by Crippen LogP contribution is -2.39. The third-order valence-electron chi connectivity index (χ3n) is 3.76. The minimum atomic E-state index is -1.03. The summed E-state index contributed by atoms with van der Waals surface area (Å²) in [7, 11) is 0. The van der Waals surface area contributed by atoms with Crippen molar-refractivity contribution in [2.45, 2.75) is 64.6 Å². The van der Waals surface area contributed by atoms with Gasteiger partial charge in [-0.15, -0.1) is 0 Å². The molecule has 0 aromatic rings. The topological polar surface area (TPSA) is 46.5 Å². The van der Waals surface area contributed by atoms with Crippen LogP contribution in [-0.4, -0.2) is 22.8 Å². The summed E-state index contributed by atoms with van der Waals surface area (Å²) in [5, 5.41) is 9.16. The molecule has 0 heterocycles. The van der Waals surface area contributed by atoms with Gasteiger partial charge in [-0.2, -0.15) is 0 Å². The summed E-state index contributed by atoms with van der Waals surface area (Å²) in [6, 6.07) is 0. The molecular formula is C14H24O3. The predicted molar refractivity (Wildman–Crippen MR) is 67.6 cm³/mol. The van der Waals surface area contributed by atoms with Crippen molar-refractivity contribution < 1.29 is 14.6 Å². The molecule has 1 saturated carbocycles. The monoisotopic (exact) mass is 240 g/mol. The lowest BCUT2D eigenvalue weighted by molar-refractivity contribution is -0.170. The molecule has 0 amide bonds. The van der Waals surface area contributed by atoms with E-state index in [0.717, 1.165) is 32.1 Å². The first-order valence-electron chi connectivity index (χ1n) is 6.46. The summed E-state index contributed by atoms with van der Waals surface area (Å²) < 4.78 is 5.38. The molecule has 0 saturated heterocycles. The molecule has 1 rings (SSSR count). The number of hydrogen-bond donors (Lipinski definition) is 1. The third kappa shape index (κ3) is 3.84. The van der Waals surface area contributed by atoms with E-state index in [1.165, 1.54) is 12.5 Å². The Morgan fingerprint density at radius 3 is 2.47 bits per heavy atom. The third-order valence-corrected chi connectivity index (χ3v) is 3.76. The van der Waals surface area contributed by atoms with Crippen LogP contribution in [-0.2, 0) is 9.53 Å². The van der Waals surface area contributed by atoms with Crippen molar-refractivity contribution in [1.82, 2.24) is 0 Å². The molecule has 1 atom stereocenters. The zero-order valence-electron chi connectivity index (χ0n) is 11.2. The Hall–Kier alpha value is -0.830. The molecule has 0 spiro atoms. The fraction of sp³-hybridized carbons (Fsp3) is 0.786. The molecule has 98 valence electrons. The summed E-state index contributed by atoms with van der Waals surface area (Å²) in [4.78, 5) is 11.4. The normalized spacial score (nSPS) is 30.7. The van der Waals surface area contributed by atoms with Crippen LogP contribution in [0.2, 0.25) is 0 Å². The van der Waals surface area contributed by atoms with Crippen LogP contribution in [0.1, 0.15) is 52.9 Å². The lowest BCUT2D eigenvalue weighted by Gasteiger charge is -2.37. The molecule has 1 aliphatic rings. The highest BCUT2D eigenvalue weighted by molar-refractivity contribution is 5.74. The molecule has 17 heavy (non-hydrogen) atoms. The van der Waals surface area contributed by atoms with Crippen LogP contribution < -0.4 is 0 Å². The number of carbonyl (C=O) groups excluding carboxylic acids is 1. The van der Waals surface area contributed by atoms with Crippen LogP contribution >= 0.6 is 0 Å². The Bertz CT molecular complexity index is 286. The molecule has 0 aromatic heterocycles. The maximum Gasteiger partial charge on any atom is 0.335 e. The summed E-state index contributed by atoms with van der Waals surface area (Å²) in [6.07, 6.45) is 3.75.